The van der Waals surface area contributed by atoms with Crippen molar-refractivity contribution in [3.8, 4) is 0 Å². The molecular formula is C13H22N2O4S. The van der Waals surface area contributed by atoms with Gasteiger partial charge in [-0.3, -0.25) is 4.79 Å². The van der Waals surface area contributed by atoms with Crippen LogP contribution in [0.1, 0.15) is 13.3 Å². The van der Waals surface area contributed by atoms with E-state index in [0.717, 1.165) is 12.3 Å². The number of thioether (sulfide) groups is 1. The van der Waals surface area contributed by atoms with Crippen LogP contribution in [-0.4, -0.2) is 73.3 Å². The Morgan fingerprint density at radius 3 is 3.05 bits per heavy atom. The van der Waals surface area contributed by atoms with Gasteiger partial charge in [0.05, 0.1) is 25.7 Å². The molecule has 2 unspecified atom stereocenters. The average molecular weight is 302 g/mol. The number of esters is 1. The summed E-state index contributed by atoms with van der Waals surface area (Å²) in [5.74, 6) is 1.17. The fraction of sp³-hybridized carbons (Fsp3) is 0.846. The zero-order valence-electron chi connectivity index (χ0n) is 11.8. The van der Waals surface area contributed by atoms with Crippen molar-refractivity contribution in [1.29, 1.82) is 0 Å². The summed E-state index contributed by atoms with van der Waals surface area (Å²) >= 11 is 1.69. The molecule has 114 valence electrons. The lowest BCUT2D eigenvalue weighted by molar-refractivity contribution is -0.154. The van der Waals surface area contributed by atoms with E-state index in [2.05, 4.69) is 5.32 Å². The summed E-state index contributed by atoms with van der Waals surface area (Å²) in [6.07, 6.45) is 0.238. The SMILES string of the molecule is CCOC(=O)C1CSCCN1C(=O)CC1CNCCO1. The van der Waals surface area contributed by atoms with E-state index in [4.69, 9.17) is 9.47 Å². The third-order valence-corrected chi connectivity index (χ3v) is 4.44. The van der Waals surface area contributed by atoms with Gasteiger partial charge < -0.3 is 19.7 Å². The second kappa shape index (κ2) is 7.85. The molecule has 2 fully saturated rings. The van der Waals surface area contributed by atoms with Crippen LogP contribution in [0.15, 0.2) is 0 Å². The third-order valence-electron chi connectivity index (χ3n) is 3.41. The maximum Gasteiger partial charge on any atom is 0.329 e. The first-order valence-electron chi connectivity index (χ1n) is 7.08. The molecular weight excluding hydrogens is 280 g/mol. The molecule has 2 rings (SSSR count). The fourth-order valence-corrected chi connectivity index (χ4v) is 3.43. The van der Waals surface area contributed by atoms with Crippen LogP contribution in [0.2, 0.25) is 0 Å². The lowest BCUT2D eigenvalue weighted by atomic mass is 10.1. The highest BCUT2D eigenvalue weighted by molar-refractivity contribution is 7.99. The van der Waals surface area contributed by atoms with Crippen molar-refractivity contribution in [2.24, 2.45) is 0 Å². The predicted molar refractivity (Wildman–Crippen MR) is 76.7 cm³/mol. The first-order chi connectivity index (χ1) is 9.72. The topological polar surface area (TPSA) is 67.9 Å². The van der Waals surface area contributed by atoms with Crippen molar-refractivity contribution in [1.82, 2.24) is 10.2 Å². The molecule has 1 amide bonds. The maximum atomic E-state index is 12.4. The van der Waals surface area contributed by atoms with Crippen LogP contribution >= 0.6 is 11.8 Å². The summed E-state index contributed by atoms with van der Waals surface area (Å²) in [4.78, 5) is 26.0. The lowest BCUT2D eigenvalue weighted by Gasteiger charge is -2.35. The van der Waals surface area contributed by atoms with Gasteiger partial charge in [-0.2, -0.15) is 11.8 Å². The molecule has 2 aliphatic rings. The average Bonchev–Trinajstić information content (AvgIpc) is 2.48. The van der Waals surface area contributed by atoms with Gasteiger partial charge in [-0.1, -0.05) is 0 Å². The van der Waals surface area contributed by atoms with Crippen LogP contribution in [0.5, 0.6) is 0 Å². The van der Waals surface area contributed by atoms with Crippen molar-refractivity contribution in [3.63, 3.8) is 0 Å². The van der Waals surface area contributed by atoms with Crippen molar-refractivity contribution in [2.45, 2.75) is 25.5 Å². The Balaban J connectivity index is 1.92. The molecule has 0 aliphatic carbocycles. The van der Waals surface area contributed by atoms with Crippen LogP contribution in [0.3, 0.4) is 0 Å². The number of hydrogen-bond donors (Lipinski definition) is 1. The van der Waals surface area contributed by atoms with Gasteiger partial charge in [0.25, 0.3) is 0 Å². The maximum absolute atomic E-state index is 12.4. The van der Waals surface area contributed by atoms with Gasteiger partial charge in [-0.05, 0) is 6.92 Å². The zero-order valence-corrected chi connectivity index (χ0v) is 12.6. The Morgan fingerprint density at radius 1 is 1.50 bits per heavy atom. The number of rotatable bonds is 4. The quantitative estimate of drug-likeness (QED) is 0.730. The Hall–Kier alpha value is -0.790. The minimum atomic E-state index is -0.447. The smallest absolute Gasteiger partial charge is 0.329 e. The Bertz CT molecular complexity index is 347. The molecule has 7 heteroatoms. The van der Waals surface area contributed by atoms with Crippen molar-refractivity contribution in [3.05, 3.63) is 0 Å². The summed E-state index contributed by atoms with van der Waals surface area (Å²) < 4.78 is 10.6. The van der Waals surface area contributed by atoms with Gasteiger partial charge in [0.2, 0.25) is 5.91 Å². The number of morpholine rings is 1. The first kappa shape index (κ1) is 15.6. The second-order valence-electron chi connectivity index (χ2n) is 4.83. The molecule has 0 aromatic heterocycles. The van der Waals surface area contributed by atoms with Gasteiger partial charge in [0.1, 0.15) is 6.04 Å². The molecule has 0 saturated carbocycles. The molecule has 0 radical (unpaired) electrons. The van der Waals surface area contributed by atoms with Crippen molar-refractivity contribution >= 4 is 23.6 Å². The second-order valence-corrected chi connectivity index (χ2v) is 5.98. The third kappa shape index (κ3) is 4.10. The Labute approximate surface area is 123 Å². The number of amides is 1. The molecule has 0 bridgehead atoms. The first-order valence-corrected chi connectivity index (χ1v) is 8.24. The van der Waals surface area contributed by atoms with Gasteiger partial charge in [0.15, 0.2) is 0 Å². The highest BCUT2D eigenvalue weighted by Gasteiger charge is 2.34. The Morgan fingerprint density at radius 2 is 2.35 bits per heavy atom. The Kier molecular flexibility index (Phi) is 6.12. The monoisotopic (exact) mass is 302 g/mol. The van der Waals surface area contributed by atoms with E-state index in [1.807, 2.05) is 0 Å². The van der Waals surface area contributed by atoms with Crippen LogP contribution in [-0.2, 0) is 19.1 Å². The van der Waals surface area contributed by atoms with E-state index in [1.165, 1.54) is 0 Å². The predicted octanol–water partition coefficient (Wildman–Crippen LogP) is -0.128. The minimum Gasteiger partial charge on any atom is -0.464 e. The number of hydrogen-bond acceptors (Lipinski definition) is 6. The van der Waals surface area contributed by atoms with E-state index in [-0.39, 0.29) is 18.0 Å². The fourth-order valence-electron chi connectivity index (χ4n) is 2.40. The minimum absolute atomic E-state index is 0.0166. The number of nitrogens with one attached hydrogen (secondary N) is 1. The summed E-state index contributed by atoms with van der Waals surface area (Å²) in [7, 11) is 0. The largest absolute Gasteiger partial charge is 0.464 e. The number of carbonyl (C=O) groups excluding carboxylic acids is 2. The lowest BCUT2D eigenvalue weighted by Crippen LogP contribution is -2.52. The summed E-state index contributed by atoms with van der Waals surface area (Å²) in [5.41, 5.74) is 0. The molecule has 2 saturated heterocycles. The van der Waals surface area contributed by atoms with Gasteiger partial charge in [-0.25, -0.2) is 4.79 Å². The molecule has 2 aliphatic heterocycles. The van der Waals surface area contributed by atoms with Gasteiger partial charge >= 0.3 is 5.97 Å². The molecule has 2 heterocycles. The molecule has 0 spiro atoms. The van der Waals surface area contributed by atoms with Crippen molar-refractivity contribution in [2.75, 3.05) is 44.4 Å². The van der Waals surface area contributed by atoms with Crippen LogP contribution in [0, 0.1) is 0 Å². The number of nitrogens with zero attached hydrogens (tertiary/aromatic N) is 1. The van der Waals surface area contributed by atoms with E-state index in [1.54, 1.807) is 23.6 Å². The molecule has 20 heavy (non-hydrogen) atoms. The van der Waals surface area contributed by atoms with Crippen LogP contribution < -0.4 is 5.32 Å². The van der Waals surface area contributed by atoms with Crippen LogP contribution in [0.4, 0.5) is 0 Å². The molecule has 2 atom stereocenters. The molecule has 0 aromatic rings. The van der Waals surface area contributed by atoms with E-state index < -0.39 is 6.04 Å². The van der Waals surface area contributed by atoms with E-state index in [0.29, 0.717) is 38.5 Å². The standard InChI is InChI=1S/C13H22N2O4S/c1-2-18-13(17)11-9-20-6-4-15(11)12(16)7-10-8-14-3-5-19-10/h10-11,14H,2-9H2,1H3. The highest BCUT2D eigenvalue weighted by Crippen LogP contribution is 2.19. The zero-order chi connectivity index (χ0) is 14.4. The molecule has 6 nitrogen and oxygen atoms in total. The summed E-state index contributed by atoms with van der Waals surface area (Å²) in [6.45, 7) is 4.89. The normalized spacial score (nSPS) is 27.1. The number of ether oxygens (including phenoxy) is 2. The van der Waals surface area contributed by atoms with Crippen LogP contribution in [0.25, 0.3) is 0 Å². The highest BCUT2D eigenvalue weighted by atomic mass is 32.2. The van der Waals surface area contributed by atoms with E-state index >= 15 is 0 Å². The van der Waals surface area contributed by atoms with Gasteiger partial charge in [0, 0.05) is 31.1 Å². The molecule has 1 N–H and O–H groups in total. The summed E-state index contributed by atoms with van der Waals surface area (Å²) in [6, 6.07) is -0.447. The summed E-state index contributed by atoms with van der Waals surface area (Å²) in [5, 5.41) is 3.21. The van der Waals surface area contributed by atoms with Crippen molar-refractivity contribution < 1.29 is 19.1 Å². The van der Waals surface area contributed by atoms with E-state index in [9.17, 15) is 9.59 Å². The number of carbonyl (C=O) groups is 2. The molecule has 0 aromatic carbocycles. The van der Waals surface area contributed by atoms with Gasteiger partial charge in [-0.15, -0.1) is 0 Å².